The smallest absolute Gasteiger partial charge is 0.130 e. The van der Waals surface area contributed by atoms with Crippen molar-refractivity contribution in [2.24, 2.45) is 12.8 Å². The zero-order chi connectivity index (χ0) is 11.9. The van der Waals surface area contributed by atoms with Crippen molar-refractivity contribution in [3.8, 4) is 0 Å². The predicted octanol–water partition coefficient (Wildman–Crippen LogP) is 2.62. The van der Waals surface area contributed by atoms with E-state index in [0.29, 0.717) is 5.92 Å². The van der Waals surface area contributed by atoms with E-state index in [9.17, 15) is 0 Å². The molecule has 16 heavy (non-hydrogen) atoms. The Bertz CT molecular complexity index is 391. The summed E-state index contributed by atoms with van der Waals surface area (Å²) in [5.41, 5.74) is 8.51. The zero-order valence-corrected chi connectivity index (χ0v) is 11.0. The molecule has 1 aromatic heterocycles. The van der Waals surface area contributed by atoms with E-state index in [1.807, 2.05) is 7.05 Å². The van der Waals surface area contributed by atoms with Crippen LogP contribution < -0.4 is 5.73 Å². The Balaban J connectivity index is 2.17. The first-order chi connectivity index (χ1) is 7.43. The molecule has 90 valence electrons. The second-order valence-corrected chi connectivity index (χ2v) is 5.65. The molecule has 2 rings (SSSR count). The van der Waals surface area contributed by atoms with Gasteiger partial charge < -0.3 is 5.73 Å². The van der Waals surface area contributed by atoms with Crippen molar-refractivity contribution in [2.75, 3.05) is 0 Å². The molecule has 2 N–H and O–H groups in total. The summed E-state index contributed by atoms with van der Waals surface area (Å²) in [5, 5.41) is 5.25. The minimum Gasteiger partial charge on any atom is -0.325 e. The van der Waals surface area contributed by atoms with Crippen LogP contribution in [-0.2, 0) is 13.5 Å². The van der Waals surface area contributed by atoms with Crippen molar-refractivity contribution >= 4 is 11.6 Å². The summed E-state index contributed by atoms with van der Waals surface area (Å²) in [4.78, 5) is 0. The lowest BCUT2D eigenvalue weighted by molar-refractivity contribution is 0.605. The normalized spacial score (nSPS) is 18.1. The molecule has 0 unspecified atom stereocenters. The Hall–Kier alpha value is -0.540. The number of rotatable bonds is 4. The van der Waals surface area contributed by atoms with Gasteiger partial charge in [-0.25, -0.2) is 0 Å². The molecule has 0 amide bonds. The van der Waals surface area contributed by atoms with Gasteiger partial charge in [0, 0.05) is 18.2 Å². The van der Waals surface area contributed by atoms with E-state index in [1.165, 1.54) is 5.56 Å². The maximum Gasteiger partial charge on any atom is 0.130 e. The van der Waals surface area contributed by atoms with E-state index in [-0.39, 0.29) is 5.54 Å². The van der Waals surface area contributed by atoms with Gasteiger partial charge in [-0.3, -0.25) is 4.68 Å². The van der Waals surface area contributed by atoms with Crippen LogP contribution in [0.4, 0.5) is 0 Å². The van der Waals surface area contributed by atoms with Crippen molar-refractivity contribution in [2.45, 2.75) is 51.0 Å². The molecule has 0 atom stereocenters. The van der Waals surface area contributed by atoms with Crippen LogP contribution in [0.2, 0.25) is 5.15 Å². The van der Waals surface area contributed by atoms with Crippen molar-refractivity contribution in [1.82, 2.24) is 9.78 Å². The summed E-state index contributed by atoms with van der Waals surface area (Å²) in [7, 11) is 1.90. The zero-order valence-electron chi connectivity index (χ0n) is 10.3. The summed E-state index contributed by atoms with van der Waals surface area (Å²) < 4.78 is 1.77. The summed E-state index contributed by atoms with van der Waals surface area (Å²) in [6, 6.07) is 0. The van der Waals surface area contributed by atoms with Gasteiger partial charge in [0.05, 0.1) is 5.69 Å². The Morgan fingerprint density at radius 3 is 2.62 bits per heavy atom. The lowest BCUT2D eigenvalue weighted by atomic mass is 10.00. The maximum atomic E-state index is 6.27. The molecule has 1 aromatic rings. The molecule has 0 aromatic carbocycles. The van der Waals surface area contributed by atoms with Crippen LogP contribution >= 0.6 is 11.6 Å². The maximum absolute atomic E-state index is 6.27. The fraction of sp³-hybridized carbons (Fsp3) is 0.750. The van der Waals surface area contributed by atoms with Gasteiger partial charge in [0.15, 0.2) is 0 Å². The number of halogens is 1. The molecule has 1 aliphatic rings. The number of nitrogens with zero attached hydrogens (tertiary/aromatic N) is 2. The Morgan fingerprint density at radius 2 is 2.12 bits per heavy atom. The Morgan fingerprint density at radius 1 is 1.50 bits per heavy atom. The fourth-order valence-electron chi connectivity index (χ4n) is 2.05. The van der Waals surface area contributed by atoms with Crippen LogP contribution in [0.3, 0.4) is 0 Å². The van der Waals surface area contributed by atoms with Gasteiger partial charge in [-0.1, -0.05) is 25.4 Å². The standard InChI is InChI=1S/C12H20ClN3/c1-8(2)10-9(11(13)16(3)15-10)4-5-12(14)6-7-12/h8H,4-7,14H2,1-3H3. The predicted molar refractivity (Wildman–Crippen MR) is 66.8 cm³/mol. The van der Waals surface area contributed by atoms with Crippen LogP contribution in [-0.4, -0.2) is 15.3 Å². The first-order valence-electron chi connectivity index (χ1n) is 5.93. The molecular weight excluding hydrogens is 222 g/mol. The van der Waals surface area contributed by atoms with Crippen LogP contribution in [0, 0.1) is 0 Å². The highest BCUT2D eigenvalue weighted by Gasteiger charge is 2.37. The SMILES string of the molecule is CC(C)c1nn(C)c(Cl)c1CCC1(N)CC1. The van der Waals surface area contributed by atoms with Gasteiger partial charge >= 0.3 is 0 Å². The third-order valence-corrected chi connectivity index (χ3v) is 3.88. The van der Waals surface area contributed by atoms with E-state index in [1.54, 1.807) is 4.68 Å². The first-order valence-corrected chi connectivity index (χ1v) is 6.31. The monoisotopic (exact) mass is 241 g/mol. The lowest BCUT2D eigenvalue weighted by Crippen LogP contribution is -2.22. The number of aryl methyl sites for hydroxylation is 1. The summed E-state index contributed by atoms with van der Waals surface area (Å²) >= 11 is 6.27. The van der Waals surface area contributed by atoms with Crippen molar-refractivity contribution in [1.29, 1.82) is 0 Å². The van der Waals surface area contributed by atoms with E-state index in [4.69, 9.17) is 17.3 Å². The Labute approximate surface area is 102 Å². The van der Waals surface area contributed by atoms with E-state index >= 15 is 0 Å². The van der Waals surface area contributed by atoms with E-state index in [2.05, 4.69) is 18.9 Å². The molecule has 1 heterocycles. The molecule has 0 spiro atoms. The highest BCUT2D eigenvalue weighted by molar-refractivity contribution is 6.30. The molecular formula is C12H20ClN3. The van der Waals surface area contributed by atoms with Gasteiger partial charge in [-0.2, -0.15) is 5.10 Å². The topological polar surface area (TPSA) is 43.8 Å². The second kappa shape index (κ2) is 4.04. The summed E-state index contributed by atoms with van der Waals surface area (Å²) in [6.07, 6.45) is 4.29. The highest BCUT2D eigenvalue weighted by Crippen LogP contribution is 2.38. The van der Waals surface area contributed by atoms with Crippen LogP contribution in [0.25, 0.3) is 0 Å². The number of hydrogen-bond acceptors (Lipinski definition) is 2. The minimum absolute atomic E-state index is 0.0907. The van der Waals surface area contributed by atoms with Crippen molar-refractivity contribution in [3.05, 3.63) is 16.4 Å². The van der Waals surface area contributed by atoms with Gasteiger partial charge in [-0.05, 0) is 31.6 Å². The van der Waals surface area contributed by atoms with E-state index in [0.717, 1.165) is 36.5 Å². The largest absolute Gasteiger partial charge is 0.325 e. The molecule has 1 fully saturated rings. The molecule has 0 radical (unpaired) electrons. The molecule has 1 saturated carbocycles. The van der Waals surface area contributed by atoms with Crippen LogP contribution in [0.5, 0.6) is 0 Å². The highest BCUT2D eigenvalue weighted by atomic mass is 35.5. The first kappa shape index (κ1) is 11.9. The molecule has 4 heteroatoms. The van der Waals surface area contributed by atoms with Crippen molar-refractivity contribution < 1.29 is 0 Å². The molecule has 0 bridgehead atoms. The molecule has 0 aliphatic heterocycles. The quantitative estimate of drug-likeness (QED) is 0.881. The van der Waals surface area contributed by atoms with E-state index < -0.39 is 0 Å². The van der Waals surface area contributed by atoms with Gasteiger partial charge in [0.1, 0.15) is 5.15 Å². The third kappa shape index (κ3) is 2.25. The number of nitrogens with two attached hydrogens (primary N) is 1. The van der Waals surface area contributed by atoms with Gasteiger partial charge in [0.2, 0.25) is 0 Å². The van der Waals surface area contributed by atoms with Crippen LogP contribution in [0.1, 0.15) is 50.3 Å². The van der Waals surface area contributed by atoms with Gasteiger partial charge in [-0.15, -0.1) is 0 Å². The van der Waals surface area contributed by atoms with Gasteiger partial charge in [0.25, 0.3) is 0 Å². The molecule has 1 aliphatic carbocycles. The number of hydrogen-bond donors (Lipinski definition) is 1. The van der Waals surface area contributed by atoms with Crippen molar-refractivity contribution in [3.63, 3.8) is 0 Å². The lowest BCUT2D eigenvalue weighted by Gasteiger charge is -2.09. The summed E-state index contributed by atoms with van der Waals surface area (Å²) in [5.74, 6) is 0.418. The molecule has 0 saturated heterocycles. The minimum atomic E-state index is 0.0907. The third-order valence-electron chi connectivity index (χ3n) is 3.41. The molecule has 3 nitrogen and oxygen atoms in total. The Kier molecular flexibility index (Phi) is 3.01. The fourth-order valence-corrected chi connectivity index (χ4v) is 2.28. The average Bonchev–Trinajstić information content (AvgIpc) is 2.87. The summed E-state index contributed by atoms with van der Waals surface area (Å²) in [6.45, 7) is 4.30. The average molecular weight is 242 g/mol. The number of aromatic nitrogens is 2. The second-order valence-electron chi connectivity index (χ2n) is 5.30. The van der Waals surface area contributed by atoms with Crippen LogP contribution in [0.15, 0.2) is 0 Å².